The summed E-state index contributed by atoms with van der Waals surface area (Å²) in [4.78, 5) is 0. The Balaban J connectivity index is 1.82. The van der Waals surface area contributed by atoms with E-state index in [4.69, 9.17) is 0 Å². The van der Waals surface area contributed by atoms with E-state index in [0.29, 0.717) is 11.3 Å². The molecule has 3 aliphatic rings. The molecule has 0 aliphatic heterocycles. The van der Waals surface area contributed by atoms with Crippen LogP contribution in [0.25, 0.3) is 0 Å². The van der Waals surface area contributed by atoms with Crippen molar-refractivity contribution in [3.05, 3.63) is 35.5 Å². The van der Waals surface area contributed by atoms with Crippen LogP contribution in [0.4, 0.5) is 0 Å². The topological polar surface area (TPSA) is 0 Å². The van der Waals surface area contributed by atoms with Gasteiger partial charge in [-0.25, -0.2) is 0 Å². The first-order valence-corrected chi connectivity index (χ1v) is 10.0. The molecule has 0 amide bonds. The molecule has 0 nitrogen and oxygen atoms in total. The largest absolute Gasteiger partial charge is 0.0953 e. The minimum atomic E-state index is 0.563. The Labute approximate surface area is 144 Å². The van der Waals surface area contributed by atoms with Gasteiger partial charge in [-0.05, 0) is 91.6 Å². The van der Waals surface area contributed by atoms with E-state index < -0.39 is 0 Å². The van der Waals surface area contributed by atoms with Crippen LogP contribution in [0.2, 0.25) is 0 Å². The predicted octanol–water partition coefficient (Wildman–Crippen LogP) is 7.09. The highest BCUT2D eigenvalue weighted by atomic mass is 14.5. The average molecular weight is 313 g/mol. The first-order chi connectivity index (χ1) is 10.9. The van der Waals surface area contributed by atoms with E-state index in [-0.39, 0.29) is 0 Å². The molecule has 0 heteroatoms. The van der Waals surface area contributed by atoms with Crippen molar-refractivity contribution in [3.63, 3.8) is 0 Å². The molecular formula is C23H36. The van der Waals surface area contributed by atoms with Gasteiger partial charge in [0.05, 0.1) is 0 Å². The molecule has 0 aromatic rings. The third-order valence-corrected chi connectivity index (χ3v) is 7.43. The van der Waals surface area contributed by atoms with Crippen LogP contribution in [0, 0.1) is 29.1 Å². The minimum absolute atomic E-state index is 0.563. The molecule has 0 N–H and O–H groups in total. The van der Waals surface area contributed by atoms with Crippen molar-refractivity contribution in [1.82, 2.24) is 0 Å². The van der Waals surface area contributed by atoms with E-state index in [1.54, 1.807) is 5.57 Å². The second-order valence-electron chi connectivity index (χ2n) is 9.09. The van der Waals surface area contributed by atoms with E-state index in [2.05, 4.69) is 46.4 Å². The van der Waals surface area contributed by atoms with Gasteiger partial charge in [0.25, 0.3) is 0 Å². The maximum Gasteiger partial charge on any atom is -0.0143 e. The van der Waals surface area contributed by atoms with Crippen molar-refractivity contribution in [2.24, 2.45) is 29.1 Å². The lowest BCUT2D eigenvalue weighted by molar-refractivity contribution is 0.104. The van der Waals surface area contributed by atoms with Gasteiger partial charge in [0.15, 0.2) is 0 Å². The SMILES string of the molecule is C=C1/C(=C\C=C2/CCC[C@@]3(C)C2CCC3C(C)C)CCC[C@@H]1C. The summed E-state index contributed by atoms with van der Waals surface area (Å²) in [5.74, 6) is 3.28. The fourth-order valence-electron chi connectivity index (χ4n) is 6.02. The molecule has 0 bridgehead atoms. The molecule has 0 aromatic heterocycles. The van der Waals surface area contributed by atoms with Crippen LogP contribution in [0.15, 0.2) is 35.5 Å². The summed E-state index contributed by atoms with van der Waals surface area (Å²) in [6, 6.07) is 0. The Morgan fingerprint density at radius 3 is 2.61 bits per heavy atom. The van der Waals surface area contributed by atoms with Gasteiger partial charge in [0.1, 0.15) is 0 Å². The van der Waals surface area contributed by atoms with Crippen LogP contribution in [-0.4, -0.2) is 0 Å². The summed E-state index contributed by atoms with van der Waals surface area (Å²) in [7, 11) is 0. The monoisotopic (exact) mass is 312 g/mol. The smallest absolute Gasteiger partial charge is 0.0143 e. The van der Waals surface area contributed by atoms with Gasteiger partial charge in [-0.15, -0.1) is 0 Å². The molecular weight excluding hydrogens is 276 g/mol. The highest BCUT2D eigenvalue weighted by Crippen LogP contribution is 2.59. The van der Waals surface area contributed by atoms with Gasteiger partial charge in [0.2, 0.25) is 0 Å². The number of fused-ring (bicyclic) bond motifs is 1. The molecule has 23 heavy (non-hydrogen) atoms. The van der Waals surface area contributed by atoms with Gasteiger partial charge in [-0.2, -0.15) is 0 Å². The zero-order chi connectivity index (χ0) is 16.6. The molecule has 3 aliphatic carbocycles. The first-order valence-electron chi connectivity index (χ1n) is 10.0. The fourth-order valence-corrected chi connectivity index (χ4v) is 6.02. The number of hydrogen-bond donors (Lipinski definition) is 0. The van der Waals surface area contributed by atoms with Crippen LogP contribution >= 0.6 is 0 Å². The summed E-state index contributed by atoms with van der Waals surface area (Å²) >= 11 is 0. The Hall–Kier alpha value is -0.780. The Morgan fingerprint density at radius 1 is 1.09 bits per heavy atom. The molecule has 3 fully saturated rings. The van der Waals surface area contributed by atoms with Crippen LogP contribution in [0.3, 0.4) is 0 Å². The van der Waals surface area contributed by atoms with E-state index in [9.17, 15) is 0 Å². The predicted molar refractivity (Wildman–Crippen MR) is 101 cm³/mol. The van der Waals surface area contributed by atoms with E-state index >= 15 is 0 Å². The maximum absolute atomic E-state index is 4.36. The van der Waals surface area contributed by atoms with Gasteiger partial charge in [0, 0.05) is 0 Å². The van der Waals surface area contributed by atoms with Crippen molar-refractivity contribution in [3.8, 4) is 0 Å². The van der Waals surface area contributed by atoms with Crippen molar-refractivity contribution < 1.29 is 0 Å². The molecule has 4 atom stereocenters. The molecule has 0 radical (unpaired) electrons. The Kier molecular flexibility index (Phi) is 4.90. The lowest BCUT2D eigenvalue weighted by atomic mass is 9.61. The van der Waals surface area contributed by atoms with E-state index in [1.807, 2.05) is 0 Å². The van der Waals surface area contributed by atoms with Crippen molar-refractivity contribution in [2.45, 2.75) is 79.1 Å². The normalized spacial score (nSPS) is 41.8. The van der Waals surface area contributed by atoms with E-state index in [0.717, 1.165) is 17.8 Å². The van der Waals surface area contributed by atoms with Crippen molar-refractivity contribution >= 4 is 0 Å². The molecule has 0 aromatic carbocycles. The summed E-state index contributed by atoms with van der Waals surface area (Å²) in [5, 5.41) is 0. The molecule has 0 spiro atoms. The second kappa shape index (κ2) is 6.61. The third-order valence-electron chi connectivity index (χ3n) is 7.43. The highest BCUT2D eigenvalue weighted by Gasteiger charge is 2.49. The summed E-state index contributed by atoms with van der Waals surface area (Å²) in [6.45, 7) is 14.2. The standard InChI is InChI=1S/C23H36/c1-16(2)21-13-14-22-20(10-7-15-23(21,22)5)12-11-19-9-6-8-17(3)18(19)4/h11-12,16-17,21-22H,4,6-10,13-15H2,1-3,5H3/b19-11-,20-12+/t17-,21?,22?,23+/m0/s1. The molecule has 128 valence electrons. The molecule has 3 rings (SSSR count). The lowest BCUT2D eigenvalue weighted by Crippen LogP contribution is -2.35. The van der Waals surface area contributed by atoms with Crippen molar-refractivity contribution in [1.29, 1.82) is 0 Å². The van der Waals surface area contributed by atoms with Gasteiger partial charge >= 0.3 is 0 Å². The molecule has 2 unspecified atom stereocenters. The van der Waals surface area contributed by atoms with Crippen LogP contribution in [0.1, 0.15) is 79.1 Å². The Bertz CT molecular complexity index is 518. The van der Waals surface area contributed by atoms with Gasteiger partial charge in [-0.3, -0.25) is 0 Å². The fraction of sp³-hybridized carbons (Fsp3) is 0.739. The molecule has 0 saturated heterocycles. The van der Waals surface area contributed by atoms with Gasteiger partial charge < -0.3 is 0 Å². The summed E-state index contributed by atoms with van der Waals surface area (Å²) in [6.07, 6.45) is 15.9. The Morgan fingerprint density at radius 2 is 1.87 bits per heavy atom. The first kappa shape index (κ1) is 17.1. The summed E-state index contributed by atoms with van der Waals surface area (Å²) < 4.78 is 0. The van der Waals surface area contributed by atoms with Gasteiger partial charge in [-0.1, -0.05) is 52.0 Å². The average Bonchev–Trinajstić information content (AvgIpc) is 2.86. The molecule has 0 heterocycles. The highest BCUT2D eigenvalue weighted by molar-refractivity contribution is 5.36. The maximum atomic E-state index is 4.36. The quantitative estimate of drug-likeness (QED) is 0.510. The zero-order valence-electron chi connectivity index (χ0n) is 15.8. The van der Waals surface area contributed by atoms with Crippen LogP contribution in [-0.2, 0) is 0 Å². The number of rotatable bonds is 2. The lowest BCUT2D eigenvalue weighted by Gasteiger charge is -2.43. The minimum Gasteiger partial charge on any atom is -0.0953 e. The van der Waals surface area contributed by atoms with Crippen molar-refractivity contribution in [2.75, 3.05) is 0 Å². The number of hydrogen-bond acceptors (Lipinski definition) is 0. The van der Waals surface area contributed by atoms with E-state index in [1.165, 1.54) is 62.5 Å². The zero-order valence-corrected chi connectivity index (χ0v) is 15.8. The summed E-state index contributed by atoms with van der Waals surface area (Å²) in [5.41, 5.74) is 5.24. The third kappa shape index (κ3) is 3.11. The van der Waals surface area contributed by atoms with Crippen LogP contribution < -0.4 is 0 Å². The molecule has 3 saturated carbocycles. The second-order valence-corrected chi connectivity index (χ2v) is 9.09. The number of allylic oxidation sites excluding steroid dienone is 5. The van der Waals surface area contributed by atoms with Crippen LogP contribution in [0.5, 0.6) is 0 Å².